The SMILES string of the molecule is CCCCCOc1ccc(C)cc1CCN. The van der Waals surface area contributed by atoms with Crippen molar-refractivity contribution in [1.29, 1.82) is 0 Å². The van der Waals surface area contributed by atoms with Crippen molar-refractivity contribution in [2.45, 2.75) is 39.5 Å². The van der Waals surface area contributed by atoms with Crippen molar-refractivity contribution < 1.29 is 4.74 Å². The first-order chi connectivity index (χ1) is 7.77. The van der Waals surface area contributed by atoms with Gasteiger partial charge in [-0.05, 0) is 37.9 Å². The predicted molar refractivity (Wildman–Crippen MR) is 69.0 cm³/mol. The van der Waals surface area contributed by atoms with Crippen molar-refractivity contribution in [3.05, 3.63) is 29.3 Å². The Labute approximate surface area is 98.8 Å². The zero-order valence-electron chi connectivity index (χ0n) is 10.5. The summed E-state index contributed by atoms with van der Waals surface area (Å²) in [7, 11) is 0. The van der Waals surface area contributed by atoms with Crippen molar-refractivity contribution in [3.63, 3.8) is 0 Å². The fraction of sp³-hybridized carbons (Fsp3) is 0.571. The average molecular weight is 221 g/mol. The second-order valence-electron chi connectivity index (χ2n) is 4.21. The maximum atomic E-state index is 5.79. The van der Waals surface area contributed by atoms with Crippen LogP contribution in [0.3, 0.4) is 0 Å². The molecule has 0 aliphatic rings. The minimum Gasteiger partial charge on any atom is -0.493 e. The van der Waals surface area contributed by atoms with Crippen LogP contribution in [0.15, 0.2) is 18.2 Å². The molecule has 0 aromatic heterocycles. The summed E-state index contributed by atoms with van der Waals surface area (Å²) in [6, 6.07) is 6.32. The van der Waals surface area contributed by atoms with Crippen molar-refractivity contribution in [2.24, 2.45) is 5.73 Å². The van der Waals surface area contributed by atoms with Gasteiger partial charge < -0.3 is 10.5 Å². The third kappa shape index (κ3) is 4.23. The van der Waals surface area contributed by atoms with Crippen LogP contribution < -0.4 is 10.5 Å². The van der Waals surface area contributed by atoms with Crippen LogP contribution in [0.25, 0.3) is 0 Å². The van der Waals surface area contributed by atoms with E-state index in [1.807, 2.05) is 0 Å². The Hall–Kier alpha value is -1.02. The first-order valence-electron chi connectivity index (χ1n) is 6.20. The van der Waals surface area contributed by atoms with Gasteiger partial charge in [-0.1, -0.05) is 37.5 Å². The van der Waals surface area contributed by atoms with Crippen LogP contribution in [0.2, 0.25) is 0 Å². The quantitative estimate of drug-likeness (QED) is 0.718. The van der Waals surface area contributed by atoms with E-state index >= 15 is 0 Å². The van der Waals surface area contributed by atoms with Gasteiger partial charge in [0.15, 0.2) is 0 Å². The molecular weight excluding hydrogens is 198 g/mol. The van der Waals surface area contributed by atoms with E-state index in [4.69, 9.17) is 10.5 Å². The van der Waals surface area contributed by atoms with Crippen LogP contribution in [0.1, 0.15) is 37.3 Å². The lowest BCUT2D eigenvalue weighted by Gasteiger charge is -2.11. The van der Waals surface area contributed by atoms with Crippen molar-refractivity contribution in [1.82, 2.24) is 0 Å². The monoisotopic (exact) mass is 221 g/mol. The molecule has 16 heavy (non-hydrogen) atoms. The van der Waals surface area contributed by atoms with E-state index in [1.54, 1.807) is 0 Å². The zero-order chi connectivity index (χ0) is 11.8. The van der Waals surface area contributed by atoms with Gasteiger partial charge in [0, 0.05) is 0 Å². The third-order valence-electron chi connectivity index (χ3n) is 2.64. The number of hydrogen-bond donors (Lipinski definition) is 1. The van der Waals surface area contributed by atoms with E-state index < -0.39 is 0 Å². The highest BCUT2D eigenvalue weighted by molar-refractivity contribution is 5.37. The molecule has 0 amide bonds. The summed E-state index contributed by atoms with van der Waals surface area (Å²) in [5.74, 6) is 1.01. The average Bonchev–Trinajstić information content (AvgIpc) is 2.27. The highest BCUT2D eigenvalue weighted by atomic mass is 16.5. The molecule has 0 heterocycles. The van der Waals surface area contributed by atoms with Gasteiger partial charge in [0.25, 0.3) is 0 Å². The number of unbranched alkanes of at least 4 members (excludes halogenated alkanes) is 2. The number of ether oxygens (including phenoxy) is 1. The Morgan fingerprint density at radius 3 is 2.75 bits per heavy atom. The Bertz CT molecular complexity index is 310. The van der Waals surface area contributed by atoms with Crippen molar-refractivity contribution in [3.8, 4) is 5.75 Å². The molecule has 0 spiro atoms. The smallest absolute Gasteiger partial charge is 0.122 e. The lowest BCUT2D eigenvalue weighted by molar-refractivity contribution is 0.303. The molecule has 2 heteroatoms. The normalized spacial score (nSPS) is 10.4. The van der Waals surface area contributed by atoms with Crippen molar-refractivity contribution >= 4 is 0 Å². The number of hydrogen-bond acceptors (Lipinski definition) is 2. The number of nitrogens with two attached hydrogens (primary N) is 1. The maximum Gasteiger partial charge on any atom is 0.122 e. The number of aryl methyl sites for hydroxylation is 1. The second-order valence-corrected chi connectivity index (χ2v) is 4.21. The van der Waals surface area contributed by atoms with Gasteiger partial charge in [-0.3, -0.25) is 0 Å². The van der Waals surface area contributed by atoms with Crippen LogP contribution in [0.5, 0.6) is 5.75 Å². The molecule has 1 aromatic carbocycles. The molecule has 2 N–H and O–H groups in total. The van der Waals surface area contributed by atoms with Gasteiger partial charge in [-0.15, -0.1) is 0 Å². The molecule has 0 bridgehead atoms. The third-order valence-corrected chi connectivity index (χ3v) is 2.64. The zero-order valence-corrected chi connectivity index (χ0v) is 10.5. The largest absolute Gasteiger partial charge is 0.493 e. The summed E-state index contributed by atoms with van der Waals surface area (Å²) in [6.07, 6.45) is 4.49. The van der Waals surface area contributed by atoms with Gasteiger partial charge in [0.1, 0.15) is 5.75 Å². The summed E-state index contributed by atoms with van der Waals surface area (Å²) in [4.78, 5) is 0. The van der Waals surface area contributed by atoms with Gasteiger partial charge in [0.05, 0.1) is 6.61 Å². The van der Waals surface area contributed by atoms with E-state index in [0.717, 1.165) is 25.2 Å². The maximum absolute atomic E-state index is 5.79. The van der Waals surface area contributed by atoms with E-state index in [1.165, 1.54) is 24.0 Å². The molecule has 90 valence electrons. The first kappa shape index (κ1) is 13.0. The molecule has 0 saturated carbocycles. The van der Waals surface area contributed by atoms with Gasteiger partial charge in [-0.25, -0.2) is 0 Å². The summed E-state index contributed by atoms with van der Waals surface area (Å²) < 4.78 is 5.79. The first-order valence-corrected chi connectivity index (χ1v) is 6.20. The lowest BCUT2D eigenvalue weighted by Crippen LogP contribution is -2.06. The minimum atomic E-state index is 0.675. The molecule has 0 aliphatic carbocycles. The van der Waals surface area contributed by atoms with Crippen LogP contribution in [-0.4, -0.2) is 13.2 Å². The molecule has 1 aromatic rings. The van der Waals surface area contributed by atoms with Crippen LogP contribution in [0, 0.1) is 6.92 Å². The van der Waals surface area contributed by atoms with Crippen LogP contribution in [-0.2, 0) is 6.42 Å². The molecule has 1 rings (SSSR count). The molecule has 0 atom stereocenters. The predicted octanol–water partition coefficient (Wildman–Crippen LogP) is 3.07. The molecule has 0 saturated heterocycles. The van der Waals surface area contributed by atoms with Gasteiger partial charge >= 0.3 is 0 Å². The Morgan fingerprint density at radius 1 is 1.25 bits per heavy atom. The number of rotatable bonds is 7. The highest BCUT2D eigenvalue weighted by Crippen LogP contribution is 2.20. The summed E-state index contributed by atoms with van der Waals surface area (Å²) in [5.41, 5.74) is 8.10. The summed E-state index contributed by atoms with van der Waals surface area (Å²) >= 11 is 0. The lowest BCUT2D eigenvalue weighted by atomic mass is 10.1. The molecular formula is C14H23NO. The van der Waals surface area contributed by atoms with E-state index in [2.05, 4.69) is 32.0 Å². The fourth-order valence-corrected chi connectivity index (χ4v) is 1.73. The molecule has 2 nitrogen and oxygen atoms in total. The van der Waals surface area contributed by atoms with E-state index in [-0.39, 0.29) is 0 Å². The van der Waals surface area contributed by atoms with Crippen molar-refractivity contribution in [2.75, 3.05) is 13.2 Å². The fourth-order valence-electron chi connectivity index (χ4n) is 1.73. The highest BCUT2D eigenvalue weighted by Gasteiger charge is 2.03. The Morgan fingerprint density at radius 2 is 2.06 bits per heavy atom. The molecule has 0 radical (unpaired) electrons. The molecule has 0 aliphatic heterocycles. The second kappa shape index (κ2) is 7.29. The van der Waals surface area contributed by atoms with Gasteiger partial charge in [0.2, 0.25) is 0 Å². The Balaban J connectivity index is 2.56. The van der Waals surface area contributed by atoms with E-state index in [0.29, 0.717) is 6.54 Å². The Kier molecular flexibility index (Phi) is 5.94. The number of benzene rings is 1. The van der Waals surface area contributed by atoms with Crippen LogP contribution >= 0.6 is 0 Å². The minimum absolute atomic E-state index is 0.675. The molecule has 0 fully saturated rings. The standard InChI is InChI=1S/C14H23NO/c1-3-4-5-10-16-14-7-6-12(2)11-13(14)8-9-15/h6-7,11H,3-5,8-10,15H2,1-2H3. The van der Waals surface area contributed by atoms with Gasteiger partial charge in [-0.2, -0.15) is 0 Å². The van der Waals surface area contributed by atoms with E-state index in [9.17, 15) is 0 Å². The molecule has 0 unspecified atom stereocenters. The summed E-state index contributed by atoms with van der Waals surface area (Å²) in [5, 5.41) is 0. The topological polar surface area (TPSA) is 35.2 Å². The van der Waals surface area contributed by atoms with Crippen LogP contribution in [0.4, 0.5) is 0 Å². The summed E-state index contributed by atoms with van der Waals surface area (Å²) in [6.45, 7) is 5.79.